The molecule has 0 bridgehead atoms. The van der Waals surface area contributed by atoms with E-state index in [9.17, 15) is 0 Å². The Labute approximate surface area is 91.2 Å². The van der Waals surface area contributed by atoms with Gasteiger partial charge in [-0.25, -0.2) is 0 Å². The predicted molar refractivity (Wildman–Crippen MR) is 61.5 cm³/mol. The summed E-state index contributed by atoms with van der Waals surface area (Å²) < 4.78 is 10.7. The van der Waals surface area contributed by atoms with Crippen LogP contribution in [-0.2, 0) is 6.42 Å². The van der Waals surface area contributed by atoms with Crippen molar-refractivity contribution in [3.8, 4) is 11.5 Å². The molecule has 1 atom stereocenters. The Bertz CT molecular complexity index is 310. The highest BCUT2D eigenvalue weighted by atomic mass is 16.5. The van der Waals surface area contributed by atoms with E-state index in [1.54, 1.807) is 7.11 Å². The molecule has 0 fully saturated rings. The van der Waals surface area contributed by atoms with Crippen LogP contribution in [0.1, 0.15) is 19.4 Å². The van der Waals surface area contributed by atoms with Crippen LogP contribution in [0.25, 0.3) is 0 Å². The molecule has 1 aromatic rings. The number of benzene rings is 1. The summed E-state index contributed by atoms with van der Waals surface area (Å²) in [4.78, 5) is 0. The minimum Gasteiger partial charge on any atom is -0.497 e. The predicted octanol–water partition coefficient (Wildman–Crippen LogP) is 1.98. The largest absolute Gasteiger partial charge is 0.497 e. The van der Waals surface area contributed by atoms with Gasteiger partial charge in [-0.1, -0.05) is 0 Å². The first-order valence-corrected chi connectivity index (χ1v) is 5.22. The average Bonchev–Trinajstić information content (AvgIpc) is 2.20. The summed E-state index contributed by atoms with van der Waals surface area (Å²) in [6.07, 6.45) is 0.798. The SMILES string of the molecule is CCOc1ccc(OC)cc1CC(C)N. The number of hydrogen-bond acceptors (Lipinski definition) is 3. The quantitative estimate of drug-likeness (QED) is 0.806. The minimum atomic E-state index is 0.122. The molecular weight excluding hydrogens is 190 g/mol. The molecule has 0 saturated heterocycles. The topological polar surface area (TPSA) is 44.5 Å². The molecule has 1 aromatic carbocycles. The van der Waals surface area contributed by atoms with Crippen LogP contribution >= 0.6 is 0 Å². The normalized spacial score (nSPS) is 12.3. The molecule has 0 saturated carbocycles. The van der Waals surface area contributed by atoms with Crippen molar-refractivity contribution >= 4 is 0 Å². The highest BCUT2D eigenvalue weighted by Gasteiger charge is 2.07. The zero-order chi connectivity index (χ0) is 11.3. The summed E-state index contributed by atoms with van der Waals surface area (Å²) in [5.41, 5.74) is 6.89. The van der Waals surface area contributed by atoms with Gasteiger partial charge in [0.1, 0.15) is 11.5 Å². The van der Waals surface area contributed by atoms with Crippen molar-refractivity contribution in [3.05, 3.63) is 23.8 Å². The van der Waals surface area contributed by atoms with Crippen molar-refractivity contribution < 1.29 is 9.47 Å². The lowest BCUT2D eigenvalue weighted by Gasteiger charge is -2.13. The number of ether oxygens (including phenoxy) is 2. The summed E-state index contributed by atoms with van der Waals surface area (Å²) >= 11 is 0. The molecule has 2 N–H and O–H groups in total. The van der Waals surface area contributed by atoms with Gasteiger partial charge in [0.2, 0.25) is 0 Å². The van der Waals surface area contributed by atoms with E-state index in [4.69, 9.17) is 15.2 Å². The van der Waals surface area contributed by atoms with Crippen LogP contribution in [0.5, 0.6) is 11.5 Å². The average molecular weight is 209 g/mol. The van der Waals surface area contributed by atoms with Crippen LogP contribution < -0.4 is 15.2 Å². The van der Waals surface area contributed by atoms with E-state index < -0.39 is 0 Å². The lowest BCUT2D eigenvalue weighted by atomic mass is 10.1. The lowest BCUT2D eigenvalue weighted by molar-refractivity contribution is 0.334. The Morgan fingerprint density at radius 2 is 2.13 bits per heavy atom. The van der Waals surface area contributed by atoms with E-state index in [0.29, 0.717) is 6.61 Å². The molecular formula is C12H19NO2. The summed E-state index contributed by atoms with van der Waals surface area (Å²) in [6, 6.07) is 5.93. The van der Waals surface area contributed by atoms with Crippen molar-refractivity contribution in [2.45, 2.75) is 26.3 Å². The standard InChI is InChI=1S/C12H19NO2/c1-4-15-12-6-5-11(14-3)8-10(12)7-9(2)13/h5-6,8-9H,4,7,13H2,1-3H3. The van der Waals surface area contributed by atoms with Gasteiger partial charge in [-0.05, 0) is 44.0 Å². The number of rotatable bonds is 5. The monoisotopic (exact) mass is 209 g/mol. The van der Waals surface area contributed by atoms with Crippen molar-refractivity contribution in [2.75, 3.05) is 13.7 Å². The van der Waals surface area contributed by atoms with E-state index >= 15 is 0 Å². The third-order valence-corrected chi connectivity index (χ3v) is 2.11. The number of methoxy groups -OCH3 is 1. The molecule has 1 rings (SSSR count). The second kappa shape index (κ2) is 5.61. The van der Waals surface area contributed by atoms with Gasteiger partial charge in [-0.2, -0.15) is 0 Å². The first kappa shape index (κ1) is 11.9. The van der Waals surface area contributed by atoms with Crippen molar-refractivity contribution in [1.29, 1.82) is 0 Å². The van der Waals surface area contributed by atoms with Gasteiger partial charge in [0.25, 0.3) is 0 Å². The second-order valence-corrected chi connectivity index (χ2v) is 3.59. The van der Waals surface area contributed by atoms with E-state index in [0.717, 1.165) is 23.5 Å². The van der Waals surface area contributed by atoms with Crippen molar-refractivity contribution in [3.63, 3.8) is 0 Å². The van der Waals surface area contributed by atoms with Crippen LogP contribution in [0, 0.1) is 0 Å². The maximum atomic E-state index is 5.78. The van der Waals surface area contributed by atoms with Crippen LogP contribution in [0.2, 0.25) is 0 Å². The molecule has 0 radical (unpaired) electrons. The molecule has 0 heterocycles. The highest BCUT2D eigenvalue weighted by molar-refractivity contribution is 5.40. The zero-order valence-corrected chi connectivity index (χ0v) is 9.62. The molecule has 0 aliphatic rings. The van der Waals surface area contributed by atoms with Gasteiger partial charge in [-0.3, -0.25) is 0 Å². The van der Waals surface area contributed by atoms with Gasteiger partial charge < -0.3 is 15.2 Å². The van der Waals surface area contributed by atoms with E-state index in [-0.39, 0.29) is 6.04 Å². The van der Waals surface area contributed by atoms with E-state index in [1.165, 1.54) is 0 Å². The Hall–Kier alpha value is -1.22. The third kappa shape index (κ3) is 3.44. The summed E-state index contributed by atoms with van der Waals surface area (Å²) in [5, 5.41) is 0. The fraction of sp³-hybridized carbons (Fsp3) is 0.500. The molecule has 0 aromatic heterocycles. The maximum Gasteiger partial charge on any atom is 0.122 e. The summed E-state index contributed by atoms with van der Waals surface area (Å²) in [7, 11) is 1.66. The summed E-state index contributed by atoms with van der Waals surface area (Å²) in [6.45, 7) is 4.62. The molecule has 0 aliphatic heterocycles. The van der Waals surface area contributed by atoms with Gasteiger partial charge in [-0.15, -0.1) is 0 Å². The van der Waals surface area contributed by atoms with Crippen LogP contribution in [0.3, 0.4) is 0 Å². The first-order chi connectivity index (χ1) is 7.17. The molecule has 15 heavy (non-hydrogen) atoms. The minimum absolute atomic E-state index is 0.122. The fourth-order valence-corrected chi connectivity index (χ4v) is 1.49. The zero-order valence-electron chi connectivity index (χ0n) is 9.62. The fourth-order valence-electron chi connectivity index (χ4n) is 1.49. The third-order valence-electron chi connectivity index (χ3n) is 2.11. The van der Waals surface area contributed by atoms with Crippen molar-refractivity contribution in [1.82, 2.24) is 0 Å². The molecule has 0 amide bonds. The lowest BCUT2D eigenvalue weighted by Crippen LogP contribution is -2.18. The van der Waals surface area contributed by atoms with Crippen LogP contribution in [0.15, 0.2) is 18.2 Å². The Kier molecular flexibility index (Phi) is 4.43. The molecule has 3 heteroatoms. The Balaban J connectivity index is 2.93. The number of nitrogens with two attached hydrogens (primary N) is 1. The van der Waals surface area contributed by atoms with Gasteiger partial charge >= 0.3 is 0 Å². The van der Waals surface area contributed by atoms with Gasteiger partial charge in [0, 0.05) is 6.04 Å². The van der Waals surface area contributed by atoms with Gasteiger partial charge in [0.15, 0.2) is 0 Å². The molecule has 0 aliphatic carbocycles. The highest BCUT2D eigenvalue weighted by Crippen LogP contribution is 2.25. The van der Waals surface area contributed by atoms with Crippen LogP contribution in [0.4, 0.5) is 0 Å². The second-order valence-electron chi connectivity index (χ2n) is 3.59. The van der Waals surface area contributed by atoms with Crippen molar-refractivity contribution in [2.24, 2.45) is 5.73 Å². The molecule has 0 spiro atoms. The Morgan fingerprint density at radius 3 is 2.67 bits per heavy atom. The van der Waals surface area contributed by atoms with E-state index in [1.807, 2.05) is 32.0 Å². The molecule has 1 unspecified atom stereocenters. The smallest absolute Gasteiger partial charge is 0.122 e. The van der Waals surface area contributed by atoms with Crippen LogP contribution in [-0.4, -0.2) is 19.8 Å². The molecule has 84 valence electrons. The summed E-state index contributed by atoms with van der Waals surface area (Å²) in [5.74, 6) is 1.74. The van der Waals surface area contributed by atoms with Gasteiger partial charge in [0.05, 0.1) is 13.7 Å². The maximum absolute atomic E-state index is 5.78. The first-order valence-electron chi connectivity index (χ1n) is 5.22. The van der Waals surface area contributed by atoms with E-state index in [2.05, 4.69) is 0 Å². The molecule has 3 nitrogen and oxygen atoms in total. The Morgan fingerprint density at radius 1 is 1.40 bits per heavy atom. The number of hydrogen-bond donors (Lipinski definition) is 1.